The molecule has 86 valence electrons. The molecule has 0 aliphatic carbocycles. The average Bonchev–Trinajstić information content (AvgIpc) is 2.28. The summed E-state index contributed by atoms with van der Waals surface area (Å²) in [6.07, 6.45) is 0.781. The Morgan fingerprint density at radius 1 is 1.56 bits per heavy atom. The van der Waals surface area contributed by atoms with E-state index in [2.05, 4.69) is 0 Å². The molecule has 0 saturated carbocycles. The van der Waals surface area contributed by atoms with Crippen molar-refractivity contribution < 1.29 is 14.5 Å². The minimum absolute atomic E-state index is 0.0368. The molecule has 0 aliphatic heterocycles. The van der Waals surface area contributed by atoms with Crippen LogP contribution in [0.25, 0.3) is 0 Å². The van der Waals surface area contributed by atoms with Gasteiger partial charge in [-0.2, -0.15) is 0 Å². The second kappa shape index (κ2) is 5.25. The molecule has 0 N–H and O–H groups in total. The Hall–Kier alpha value is -1.91. The second-order valence-electron chi connectivity index (χ2n) is 3.34. The first kappa shape index (κ1) is 12.2. The Morgan fingerprint density at radius 2 is 2.25 bits per heavy atom. The number of nitrogens with zero attached hydrogens (tertiary/aromatic N) is 1. The number of rotatable bonds is 5. The number of benzene rings is 1. The SMILES string of the molecule is CCOc1cc([N+](=O)[O-])ccc1C(C)C=O. The molecule has 0 spiro atoms. The van der Waals surface area contributed by atoms with Crippen LogP contribution in [0, 0.1) is 10.1 Å². The molecule has 1 aromatic rings. The highest BCUT2D eigenvalue weighted by Gasteiger charge is 2.15. The third kappa shape index (κ3) is 2.56. The Labute approximate surface area is 93.2 Å². The van der Waals surface area contributed by atoms with Crippen molar-refractivity contribution in [3.8, 4) is 5.75 Å². The number of ether oxygens (including phenoxy) is 1. The fraction of sp³-hybridized carbons (Fsp3) is 0.364. The molecule has 0 aromatic heterocycles. The van der Waals surface area contributed by atoms with Gasteiger partial charge in [0.1, 0.15) is 12.0 Å². The molecule has 16 heavy (non-hydrogen) atoms. The molecule has 1 rings (SSSR count). The topological polar surface area (TPSA) is 69.4 Å². The van der Waals surface area contributed by atoms with Gasteiger partial charge in [0.15, 0.2) is 0 Å². The lowest BCUT2D eigenvalue weighted by molar-refractivity contribution is -0.385. The minimum Gasteiger partial charge on any atom is -0.493 e. The average molecular weight is 223 g/mol. The molecule has 1 atom stereocenters. The summed E-state index contributed by atoms with van der Waals surface area (Å²) in [7, 11) is 0. The zero-order chi connectivity index (χ0) is 12.1. The molecule has 5 nitrogen and oxygen atoms in total. The van der Waals surface area contributed by atoms with Crippen LogP contribution in [0.15, 0.2) is 18.2 Å². The van der Waals surface area contributed by atoms with Crippen molar-refractivity contribution >= 4 is 12.0 Å². The Bertz CT molecular complexity index is 403. The molecule has 1 unspecified atom stereocenters. The predicted molar refractivity (Wildman–Crippen MR) is 58.7 cm³/mol. The van der Waals surface area contributed by atoms with Crippen LogP contribution >= 0.6 is 0 Å². The smallest absolute Gasteiger partial charge is 0.273 e. The van der Waals surface area contributed by atoms with Crippen LogP contribution in [-0.4, -0.2) is 17.8 Å². The van der Waals surface area contributed by atoms with Gasteiger partial charge in [0, 0.05) is 17.5 Å². The molecule has 0 aliphatic rings. The standard InChI is InChI=1S/C11H13NO4/c1-3-16-11-6-9(12(14)15)4-5-10(11)8(2)7-13/h4-8H,3H2,1-2H3. The van der Waals surface area contributed by atoms with Crippen molar-refractivity contribution in [2.75, 3.05) is 6.61 Å². The zero-order valence-electron chi connectivity index (χ0n) is 9.17. The summed E-state index contributed by atoms with van der Waals surface area (Å²) in [6.45, 7) is 3.91. The molecule has 0 radical (unpaired) electrons. The van der Waals surface area contributed by atoms with Gasteiger partial charge in [0.2, 0.25) is 0 Å². The van der Waals surface area contributed by atoms with E-state index in [4.69, 9.17) is 4.74 Å². The number of carbonyl (C=O) groups is 1. The Kier molecular flexibility index (Phi) is 3.99. The lowest BCUT2D eigenvalue weighted by Crippen LogP contribution is -2.02. The fourth-order valence-electron chi connectivity index (χ4n) is 1.37. The van der Waals surface area contributed by atoms with Gasteiger partial charge < -0.3 is 9.53 Å². The maximum atomic E-state index is 10.7. The molecule has 5 heteroatoms. The summed E-state index contributed by atoms with van der Waals surface area (Å²) in [5.41, 5.74) is 0.632. The van der Waals surface area contributed by atoms with E-state index in [1.54, 1.807) is 19.9 Å². The lowest BCUT2D eigenvalue weighted by atomic mass is 10.0. The molecule has 0 bridgehead atoms. The highest BCUT2D eigenvalue weighted by Crippen LogP contribution is 2.29. The summed E-state index contributed by atoms with van der Waals surface area (Å²) in [4.78, 5) is 20.8. The normalized spacial score (nSPS) is 11.9. The highest BCUT2D eigenvalue weighted by atomic mass is 16.6. The van der Waals surface area contributed by atoms with E-state index in [-0.39, 0.29) is 11.6 Å². The largest absolute Gasteiger partial charge is 0.493 e. The van der Waals surface area contributed by atoms with E-state index in [1.807, 2.05) is 0 Å². The minimum atomic E-state index is -0.488. The van der Waals surface area contributed by atoms with Crippen molar-refractivity contribution in [1.82, 2.24) is 0 Å². The first-order valence-electron chi connectivity index (χ1n) is 4.96. The van der Waals surface area contributed by atoms with Crippen LogP contribution in [0.3, 0.4) is 0 Å². The quantitative estimate of drug-likeness (QED) is 0.436. The number of non-ortho nitro benzene ring substituents is 1. The molecule has 0 saturated heterocycles. The van der Waals surface area contributed by atoms with Gasteiger partial charge in [-0.1, -0.05) is 6.92 Å². The van der Waals surface area contributed by atoms with E-state index in [0.29, 0.717) is 17.9 Å². The van der Waals surface area contributed by atoms with Crippen molar-refractivity contribution in [1.29, 1.82) is 0 Å². The van der Waals surface area contributed by atoms with Crippen LogP contribution in [0.4, 0.5) is 5.69 Å². The third-order valence-electron chi connectivity index (χ3n) is 2.20. The van der Waals surface area contributed by atoms with E-state index < -0.39 is 4.92 Å². The van der Waals surface area contributed by atoms with Gasteiger partial charge in [0.25, 0.3) is 5.69 Å². The van der Waals surface area contributed by atoms with Crippen molar-refractivity contribution in [2.45, 2.75) is 19.8 Å². The molecule has 0 fully saturated rings. The van der Waals surface area contributed by atoms with Gasteiger partial charge in [-0.25, -0.2) is 0 Å². The molecular formula is C11H13NO4. The van der Waals surface area contributed by atoms with Crippen molar-refractivity contribution in [3.63, 3.8) is 0 Å². The molecule has 0 heterocycles. The number of carbonyl (C=O) groups excluding carboxylic acids is 1. The fourth-order valence-corrected chi connectivity index (χ4v) is 1.37. The van der Waals surface area contributed by atoms with Gasteiger partial charge >= 0.3 is 0 Å². The maximum Gasteiger partial charge on any atom is 0.273 e. The van der Waals surface area contributed by atoms with Crippen LogP contribution in [0.2, 0.25) is 0 Å². The van der Waals surface area contributed by atoms with E-state index in [1.165, 1.54) is 12.1 Å². The molecular weight excluding hydrogens is 210 g/mol. The molecule has 1 aromatic carbocycles. The Balaban J connectivity index is 3.18. The van der Waals surface area contributed by atoms with E-state index in [9.17, 15) is 14.9 Å². The first-order chi connectivity index (χ1) is 7.60. The van der Waals surface area contributed by atoms with Crippen LogP contribution in [0.1, 0.15) is 25.3 Å². The summed E-state index contributed by atoms with van der Waals surface area (Å²) in [5, 5.41) is 10.6. The lowest BCUT2D eigenvalue weighted by Gasteiger charge is -2.11. The van der Waals surface area contributed by atoms with Crippen LogP contribution in [0.5, 0.6) is 5.75 Å². The van der Waals surface area contributed by atoms with Gasteiger partial charge in [-0.05, 0) is 13.0 Å². The summed E-state index contributed by atoms with van der Waals surface area (Å²) in [6, 6.07) is 4.28. The van der Waals surface area contributed by atoms with Crippen molar-refractivity contribution in [2.24, 2.45) is 0 Å². The number of nitro benzene ring substituents is 1. The highest BCUT2D eigenvalue weighted by molar-refractivity contribution is 5.64. The number of hydrogen-bond donors (Lipinski definition) is 0. The number of hydrogen-bond acceptors (Lipinski definition) is 4. The monoisotopic (exact) mass is 223 g/mol. The maximum absolute atomic E-state index is 10.7. The predicted octanol–water partition coefficient (Wildman–Crippen LogP) is 2.30. The van der Waals surface area contributed by atoms with Gasteiger partial charge in [-0.15, -0.1) is 0 Å². The Morgan fingerprint density at radius 3 is 2.75 bits per heavy atom. The number of aldehydes is 1. The van der Waals surface area contributed by atoms with Crippen LogP contribution < -0.4 is 4.74 Å². The van der Waals surface area contributed by atoms with Gasteiger partial charge in [0.05, 0.1) is 17.6 Å². The summed E-state index contributed by atoms with van der Waals surface area (Å²) < 4.78 is 5.29. The van der Waals surface area contributed by atoms with Crippen LogP contribution in [-0.2, 0) is 4.79 Å². The first-order valence-corrected chi connectivity index (χ1v) is 4.96. The van der Waals surface area contributed by atoms with Gasteiger partial charge in [-0.3, -0.25) is 10.1 Å². The zero-order valence-corrected chi connectivity index (χ0v) is 9.17. The van der Waals surface area contributed by atoms with E-state index in [0.717, 1.165) is 6.29 Å². The second-order valence-corrected chi connectivity index (χ2v) is 3.34. The molecule has 0 amide bonds. The van der Waals surface area contributed by atoms with E-state index >= 15 is 0 Å². The summed E-state index contributed by atoms with van der Waals surface area (Å²) >= 11 is 0. The third-order valence-corrected chi connectivity index (χ3v) is 2.20. The summed E-state index contributed by atoms with van der Waals surface area (Å²) in [5.74, 6) is 0.0682. The van der Waals surface area contributed by atoms with Crippen molar-refractivity contribution in [3.05, 3.63) is 33.9 Å². The number of nitro groups is 1.